The van der Waals surface area contributed by atoms with E-state index in [1.54, 1.807) is 24.3 Å². The zero-order chi connectivity index (χ0) is 20.5. The van der Waals surface area contributed by atoms with E-state index in [2.05, 4.69) is 10.1 Å². The highest BCUT2D eigenvalue weighted by molar-refractivity contribution is 5.94. The lowest BCUT2D eigenvalue weighted by Gasteiger charge is -2.21. The van der Waals surface area contributed by atoms with Crippen LogP contribution in [0.2, 0.25) is 0 Å². The average molecular weight is 383 g/mol. The van der Waals surface area contributed by atoms with Gasteiger partial charge in [-0.2, -0.15) is 0 Å². The van der Waals surface area contributed by atoms with E-state index in [-0.39, 0.29) is 12.5 Å². The van der Waals surface area contributed by atoms with Gasteiger partial charge in [0, 0.05) is 5.69 Å². The molecule has 0 spiro atoms. The topological polar surface area (TPSA) is 81.7 Å². The summed E-state index contributed by atoms with van der Waals surface area (Å²) < 4.78 is 9.90. The van der Waals surface area contributed by atoms with Crippen LogP contribution in [0.4, 0.5) is 5.69 Å². The number of benzene rings is 2. The molecule has 0 unspecified atom stereocenters. The van der Waals surface area contributed by atoms with Crippen molar-refractivity contribution in [1.29, 1.82) is 0 Å². The second-order valence-corrected chi connectivity index (χ2v) is 6.50. The first-order valence-corrected chi connectivity index (χ1v) is 9.16. The number of hydrogen-bond acceptors (Lipinski definition) is 5. The minimum Gasteiger partial charge on any atom is -0.465 e. The van der Waals surface area contributed by atoms with Crippen molar-refractivity contribution in [3.05, 3.63) is 65.7 Å². The Morgan fingerprint density at radius 1 is 1.00 bits per heavy atom. The summed E-state index contributed by atoms with van der Waals surface area (Å²) in [6.07, 6.45) is 0.813. The van der Waals surface area contributed by atoms with E-state index in [9.17, 15) is 14.4 Å². The lowest BCUT2D eigenvalue weighted by molar-refractivity contribution is -0.150. The summed E-state index contributed by atoms with van der Waals surface area (Å²) in [6.45, 7) is 3.62. The maximum absolute atomic E-state index is 12.6. The first-order valence-electron chi connectivity index (χ1n) is 9.16. The Kier molecular flexibility index (Phi) is 7.75. The standard InChI is InChI=1S/C22H25NO5/c1-4-15(2)20(16-8-6-5-7-9-16)22(26)28-14-19(24)23-18-12-10-17(11-13-18)21(25)27-3/h5-13,15,20H,4,14H2,1-3H3,(H,23,24)/t15-,20+/m0/s1. The van der Waals surface area contributed by atoms with Crippen molar-refractivity contribution in [3.63, 3.8) is 0 Å². The molecular weight excluding hydrogens is 358 g/mol. The van der Waals surface area contributed by atoms with Gasteiger partial charge in [-0.1, -0.05) is 50.6 Å². The van der Waals surface area contributed by atoms with Crippen LogP contribution in [0.15, 0.2) is 54.6 Å². The van der Waals surface area contributed by atoms with Gasteiger partial charge in [0.15, 0.2) is 6.61 Å². The van der Waals surface area contributed by atoms with E-state index in [0.29, 0.717) is 11.3 Å². The smallest absolute Gasteiger partial charge is 0.337 e. The SMILES string of the molecule is CC[C@H](C)[C@@H](C(=O)OCC(=O)Nc1ccc(C(=O)OC)cc1)c1ccccc1. The van der Waals surface area contributed by atoms with Crippen molar-refractivity contribution >= 4 is 23.5 Å². The molecule has 0 radical (unpaired) electrons. The van der Waals surface area contributed by atoms with Gasteiger partial charge >= 0.3 is 11.9 Å². The normalized spacial score (nSPS) is 12.5. The van der Waals surface area contributed by atoms with Gasteiger partial charge in [-0.05, 0) is 35.7 Å². The van der Waals surface area contributed by atoms with Gasteiger partial charge in [0.2, 0.25) is 0 Å². The summed E-state index contributed by atoms with van der Waals surface area (Å²) in [5.41, 5.74) is 1.75. The van der Waals surface area contributed by atoms with Gasteiger partial charge in [0.1, 0.15) is 0 Å². The number of nitrogens with one attached hydrogen (secondary N) is 1. The van der Waals surface area contributed by atoms with E-state index in [1.165, 1.54) is 7.11 Å². The fourth-order valence-electron chi connectivity index (χ4n) is 2.82. The molecule has 0 aliphatic heterocycles. The van der Waals surface area contributed by atoms with E-state index in [4.69, 9.17) is 4.74 Å². The van der Waals surface area contributed by atoms with Crippen LogP contribution in [0.5, 0.6) is 0 Å². The highest BCUT2D eigenvalue weighted by atomic mass is 16.5. The number of ether oxygens (including phenoxy) is 2. The molecule has 0 aliphatic rings. The Labute approximate surface area is 164 Å². The van der Waals surface area contributed by atoms with Crippen LogP contribution in [0.25, 0.3) is 0 Å². The van der Waals surface area contributed by atoms with Crippen molar-refractivity contribution in [2.24, 2.45) is 5.92 Å². The first kappa shape index (κ1) is 21.2. The molecule has 1 N–H and O–H groups in total. The van der Waals surface area contributed by atoms with Gasteiger partial charge in [0.25, 0.3) is 5.91 Å². The minimum atomic E-state index is -0.455. The van der Waals surface area contributed by atoms with Crippen molar-refractivity contribution in [1.82, 2.24) is 0 Å². The third kappa shape index (κ3) is 5.67. The van der Waals surface area contributed by atoms with Gasteiger partial charge in [-0.15, -0.1) is 0 Å². The Balaban J connectivity index is 1.95. The Bertz CT molecular complexity index is 801. The Morgan fingerprint density at radius 3 is 2.21 bits per heavy atom. The highest BCUT2D eigenvalue weighted by Gasteiger charge is 2.27. The molecule has 0 fully saturated rings. The fraction of sp³-hybridized carbons (Fsp3) is 0.318. The van der Waals surface area contributed by atoms with Gasteiger partial charge in [-0.3, -0.25) is 9.59 Å². The summed E-state index contributed by atoms with van der Waals surface area (Å²) in [5, 5.41) is 2.64. The fourth-order valence-corrected chi connectivity index (χ4v) is 2.82. The number of anilines is 1. The van der Waals surface area contributed by atoms with Crippen molar-refractivity contribution < 1.29 is 23.9 Å². The van der Waals surface area contributed by atoms with Crippen LogP contribution in [0.3, 0.4) is 0 Å². The second-order valence-electron chi connectivity index (χ2n) is 6.50. The zero-order valence-electron chi connectivity index (χ0n) is 16.3. The molecular formula is C22H25NO5. The number of amides is 1. The molecule has 2 rings (SSSR count). The van der Waals surface area contributed by atoms with E-state index in [1.807, 2.05) is 44.2 Å². The van der Waals surface area contributed by atoms with Crippen LogP contribution in [-0.4, -0.2) is 31.6 Å². The van der Waals surface area contributed by atoms with Crippen LogP contribution in [0, 0.1) is 5.92 Å². The molecule has 28 heavy (non-hydrogen) atoms. The lowest BCUT2D eigenvalue weighted by Crippen LogP contribution is -2.26. The van der Waals surface area contributed by atoms with Crippen molar-refractivity contribution in [3.8, 4) is 0 Å². The number of rotatable bonds is 8. The number of carbonyl (C=O) groups excluding carboxylic acids is 3. The van der Waals surface area contributed by atoms with E-state index in [0.717, 1.165) is 12.0 Å². The van der Waals surface area contributed by atoms with Gasteiger partial charge in [-0.25, -0.2) is 4.79 Å². The Morgan fingerprint density at radius 2 is 1.64 bits per heavy atom. The van der Waals surface area contributed by atoms with Crippen LogP contribution in [-0.2, 0) is 19.1 Å². The maximum atomic E-state index is 12.6. The molecule has 0 aliphatic carbocycles. The average Bonchev–Trinajstić information content (AvgIpc) is 2.73. The first-order chi connectivity index (χ1) is 13.5. The Hall–Kier alpha value is -3.15. The summed E-state index contributed by atoms with van der Waals surface area (Å²) in [5.74, 6) is -1.65. The molecule has 148 valence electrons. The molecule has 0 aromatic heterocycles. The quantitative estimate of drug-likeness (QED) is 0.702. The van der Waals surface area contributed by atoms with Crippen LogP contribution >= 0.6 is 0 Å². The highest BCUT2D eigenvalue weighted by Crippen LogP contribution is 2.28. The number of carbonyl (C=O) groups is 3. The molecule has 6 nitrogen and oxygen atoms in total. The number of esters is 2. The molecule has 0 saturated carbocycles. The predicted octanol–water partition coefficient (Wildman–Crippen LogP) is 3.78. The number of hydrogen-bond donors (Lipinski definition) is 1. The van der Waals surface area contributed by atoms with E-state index < -0.39 is 23.8 Å². The summed E-state index contributed by atoms with van der Waals surface area (Å²) >= 11 is 0. The third-order valence-corrected chi connectivity index (χ3v) is 4.56. The molecule has 2 aromatic rings. The molecule has 0 saturated heterocycles. The minimum absolute atomic E-state index is 0.0869. The number of methoxy groups -OCH3 is 1. The lowest BCUT2D eigenvalue weighted by atomic mass is 9.86. The molecule has 2 aromatic carbocycles. The molecule has 2 atom stereocenters. The monoisotopic (exact) mass is 383 g/mol. The zero-order valence-corrected chi connectivity index (χ0v) is 16.3. The van der Waals surface area contributed by atoms with Gasteiger partial charge in [0.05, 0.1) is 18.6 Å². The molecule has 6 heteroatoms. The van der Waals surface area contributed by atoms with Crippen LogP contribution in [0.1, 0.15) is 42.1 Å². The molecule has 0 heterocycles. The largest absolute Gasteiger partial charge is 0.465 e. The van der Waals surface area contributed by atoms with Crippen molar-refractivity contribution in [2.45, 2.75) is 26.2 Å². The van der Waals surface area contributed by atoms with Crippen LogP contribution < -0.4 is 5.32 Å². The second kappa shape index (κ2) is 10.3. The van der Waals surface area contributed by atoms with Crippen molar-refractivity contribution in [2.75, 3.05) is 19.0 Å². The summed E-state index contributed by atoms with van der Waals surface area (Å²) in [4.78, 5) is 36.1. The summed E-state index contributed by atoms with van der Waals surface area (Å²) in [7, 11) is 1.30. The maximum Gasteiger partial charge on any atom is 0.337 e. The predicted molar refractivity (Wildman–Crippen MR) is 106 cm³/mol. The molecule has 0 bridgehead atoms. The van der Waals surface area contributed by atoms with Gasteiger partial charge < -0.3 is 14.8 Å². The molecule has 1 amide bonds. The summed E-state index contributed by atoms with van der Waals surface area (Å²) in [6, 6.07) is 15.7. The van der Waals surface area contributed by atoms with E-state index >= 15 is 0 Å². The third-order valence-electron chi connectivity index (χ3n) is 4.56.